The van der Waals surface area contributed by atoms with Crippen molar-refractivity contribution in [3.8, 4) is 11.5 Å². The molecule has 1 amide bonds. The molecule has 2 aliphatic heterocycles. The Morgan fingerprint density at radius 2 is 1.89 bits per heavy atom. The number of ether oxygens (including phenoxy) is 2. The van der Waals surface area contributed by atoms with Crippen LogP contribution in [0, 0.1) is 0 Å². The zero-order chi connectivity index (χ0) is 19.5. The standard InChI is InChI=1S/C22H25BrN2O3/c1-27-21-6-3-16(23)12-15(21)2-7-22(26)25-17-4-5-18(25)14-20(13-17)28-19-8-10-24-11-9-19/h3,6,8-12,17-18,20H,2,4-5,7,13-14H2,1H3. The molecule has 2 bridgehead atoms. The summed E-state index contributed by atoms with van der Waals surface area (Å²) >= 11 is 3.50. The molecule has 0 spiro atoms. The minimum absolute atomic E-state index is 0.175. The summed E-state index contributed by atoms with van der Waals surface area (Å²) in [7, 11) is 1.67. The molecule has 148 valence electrons. The number of hydrogen-bond donors (Lipinski definition) is 0. The molecule has 4 rings (SSSR count). The minimum atomic E-state index is 0.175. The Hall–Kier alpha value is -2.08. The van der Waals surface area contributed by atoms with Gasteiger partial charge in [0.15, 0.2) is 0 Å². The van der Waals surface area contributed by atoms with Crippen LogP contribution in [0.25, 0.3) is 0 Å². The Bertz CT molecular complexity index is 816. The van der Waals surface area contributed by atoms with Crippen molar-refractivity contribution in [2.75, 3.05) is 7.11 Å². The molecule has 6 heteroatoms. The molecule has 28 heavy (non-hydrogen) atoms. The van der Waals surface area contributed by atoms with E-state index in [1.807, 2.05) is 30.3 Å². The predicted molar refractivity (Wildman–Crippen MR) is 111 cm³/mol. The van der Waals surface area contributed by atoms with Gasteiger partial charge >= 0.3 is 0 Å². The lowest BCUT2D eigenvalue weighted by atomic mass is 9.98. The van der Waals surface area contributed by atoms with Crippen LogP contribution in [0.4, 0.5) is 0 Å². The average molecular weight is 445 g/mol. The van der Waals surface area contributed by atoms with Gasteiger partial charge in [-0.25, -0.2) is 0 Å². The number of hydrogen-bond acceptors (Lipinski definition) is 4. The quantitative estimate of drug-likeness (QED) is 0.662. The lowest BCUT2D eigenvalue weighted by Crippen LogP contribution is -2.49. The van der Waals surface area contributed by atoms with Gasteiger partial charge in [-0.1, -0.05) is 15.9 Å². The maximum atomic E-state index is 13.0. The van der Waals surface area contributed by atoms with E-state index in [9.17, 15) is 4.79 Å². The number of aromatic nitrogens is 1. The van der Waals surface area contributed by atoms with E-state index in [0.717, 1.165) is 47.2 Å². The number of aryl methyl sites for hydroxylation is 1. The average Bonchev–Trinajstić information content (AvgIpc) is 2.98. The number of pyridine rings is 1. The highest BCUT2D eigenvalue weighted by Gasteiger charge is 2.43. The van der Waals surface area contributed by atoms with Crippen LogP contribution in [-0.4, -0.2) is 41.1 Å². The first-order valence-electron chi connectivity index (χ1n) is 9.84. The van der Waals surface area contributed by atoms with Gasteiger partial charge in [0.05, 0.1) is 7.11 Å². The van der Waals surface area contributed by atoms with Gasteiger partial charge in [-0.15, -0.1) is 0 Å². The molecule has 1 aromatic carbocycles. The van der Waals surface area contributed by atoms with Gasteiger partial charge < -0.3 is 14.4 Å². The highest BCUT2D eigenvalue weighted by atomic mass is 79.9. The molecule has 0 radical (unpaired) electrons. The monoisotopic (exact) mass is 444 g/mol. The Morgan fingerprint density at radius 1 is 1.18 bits per heavy atom. The molecular formula is C22H25BrN2O3. The maximum Gasteiger partial charge on any atom is 0.223 e. The number of benzene rings is 1. The summed E-state index contributed by atoms with van der Waals surface area (Å²) in [6.07, 6.45) is 8.84. The van der Waals surface area contributed by atoms with Crippen molar-refractivity contribution < 1.29 is 14.3 Å². The number of nitrogens with zero attached hydrogens (tertiary/aromatic N) is 2. The van der Waals surface area contributed by atoms with Crippen molar-refractivity contribution in [3.05, 3.63) is 52.8 Å². The summed E-state index contributed by atoms with van der Waals surface area (Å²) in [5.74, 6) is 1.95. The molecule has 0 N–H and O–H groups in total. The van der Waals surface area contributed by atoms with E-state index >= 15 is 0 Å². The van der Waals surface area contributed by atoms with Crippen molar-refractivity contribution in [1.82, 2.24) is 9.88 Å². The number of piperidine rings is 1. The summed E-state index contributed by atoms with van der Waals surface area (Å²) < 4.78 is 12.6. The zero-order valence-corrected chi connectivity index (χ0v) is 17.6. The first-order chi connectivity index (χ1) is 13.6. The molecule has 2 aromatic rings. The molecule has 2 fully saturated rings. The van der Waals surface area contributed by atoms with Crippen molar-refractivity contribution in [2.45, 2.75) is 56.7 Å². The van der Waals surface area contributed by atoms with Gasteiger partial charge in [0.2, 0.25) is 5.91 Å². The Balaban J connectivity index is 1.37. The molecule has 0 aliphatic carbocycles. The summed E-state index contributed by atoms with van der Waals surface area (Å²) in [6.45, 7) is 0. The van der Waals surface area contributed by atoms with Crippen LogP contribution in [0.2, 0.25) is 0 Å². The molecule has 3 heterocycles. The lowest BCUT2D eigenvalue weighted by molar-refractivity contribution is -0.137. The Morgan fingerprint density at radius 3 is 2.57 bits per heavy atom. The van der Waals surface area contributed by atoms with Crippen LogP contribution in [0.15, 0.2) is 47.2 Å². The first-order valence-corrected chi connectivity index (χ1v) is 10.6. The van der Waals surface area contributed by atoms with Crippen LogP contribution in [0.5, 0.6) is 11.5 Å². The van der Waals surface area contributed by atoms with Gasteiger partial charge in [-0.3, -0.25) is 9.78 Å². The van der Waals surface area contributed by atoms with Crippen LogP contribution >= 0.6 is 15.9 Å². The zero-order valence-electron chi connectivity index (χ0n) is 16.0. The molecule has 2 saturated heterocycles. The third-order valence-corrected chi connectivity index (χ3v) is 6.27. The topological polar surface area (TPSA) is 51.7 Å². The molecule has 2 unspecified atom stereocenters. The lowest BCUT2D eigenvalue weighted by Gasteiger charge is -2.39. The maximum absolute atomic E-state index is 13.0. The number of amides is 1. The smallest absolute Gasteiger partial charge is 0.223 e. The molecule has 1 aromatic heterocycles. The predicted octanol–water partition coefficient (Wildman–Crippen LogP) is 4.39. The van der Waals surface area contributed by atoms with E-state index in [1.54, 1.807) is 19.5 Å². The second-order valence-corrected chi connectivity index (χ2v) is 8.45. The summed E-state index contributed by atoms with van der Waals surface area (Å²) in [4.78, 5) is 19.2. The van der Waals surface area contributed by atoms with Crippen molar-refractivity contribution in [1.29, 1.82) is 0 Å². The van der Waals surface area contributed by atoms with Crippen LogP contribution in [0.1, 0.15) is 37.7 Å². The van der Waals surface area contributed by atoms with Crippen molar-refractivity contribution >= 4 is 21.8 Å². The van der Waals surface area contributed by atoms with Gasteiger partial charge in [-0.2, -0.15) is 0 Å². The number of halogens is 1. The molecule has 5 nitrogen and oxygen atoms in total. The molecule has 2 atom stereocenters. The fourth-order valence-electron chi connectivity index (χ4n) is 4.55. The second-order valence-electron chi connectivity index (χ2n) is 7.54. The minimum Gasteiger partial charge on any atom is -0.496 e. The van der Waals surface area contributed by atoms with Gasteiger partial charge in [0, 0.05) is 48.2 Å². The Kier molecular flexibility index (Phi) is 5.85. The van der Waals surface area contributed by atoms with Crippen LogP contribution < -0.4 is 9.47 Å². The first kappa shape index (κ1) is 19.2. The summed E-state index contributed by atoms with van der Waals surface area (Å²) in [6, 6.07) is 10.3. The summed E-state index contributed by atoms with van der Waals surface area (Å²) in [5.41, 5.74) is 1.06. The molecule has 2 aliphatic rings. The fourth-order valence-corrected chi connectivity index (χ4v) is 4.96. The number of methoxy groups -OCH3 is 1. The van der Waals surface area contributed by atoms with Gasteiger partial charge in [-0.05, 0) is 55.2 Å². The van der Waals surface area contributed by atoms with Crippen LogP contribution in [-0.2, 0) is 11.2 Å². The largest absolute Gasteiger partial charge is 0.496 e. The highest BCUT2D eigenvalue weighted by molar-refractivity contribution is 9.10. The fraction of sp³-hybridized carbons (Fsp3) is 0.455. The van der Waals surface area contributed by atoms with E-state index < -0.39 is 0 Å². The van der Waals surface area contributed by atoms with Crippen molar-refractivity contribution in [3.63, 3.8) is 0 Å². The Labute approximate surface area is 174 Å². The number of carbonyl (C=O) groups excluding carboxylic acids is 1. The van der Waals surface area contributed by atoms with E-state index in [-0.39, 0.29) is 12.0 Å². The second kappa shape index (κ2) is 8.52. The van der Waals surface area contributed by atoms with Gasteiger partial charge in [0.25, 0.3) is 0 Å². The highest BCUT2D eigenvalue weighted by Crippen LogP contribution is 2.38. The van der Waals surface area contributed by atoms with Gasteiger partial charge in [0.1, 0.15) is 17.6 Å². The number of fused-ring (bicyclic) bond motifs is 2. The summed E-state index contributed by atoms with van der Waals surface area (Å²) in [5, 5.41) is 0. The molecule has 0 saturated carbocycles. The van der Waals surface area contributed by atoms with E-state index in [1.165, 1.54) is 0 Å². The third-order valence-electron chi connectivity index (χ3n) is 5.78. The SMILES string of the molecule is COc1ccc(Br)cc1CCC(=O)N1C2CCC1CC(Oc1ccncc1)C2. The van der Waals surface area contributed by atoms with E-state index in [2.05, 4.69) is 25.8 Å². The molecular weight excluding hydrogens is 420 g/mol. The van der Waals surface area contributed by atoms with E-state index in [0.29, 0.717) is 24.9 Å². The number of carbonyl (C=O) groups is 1. The van der Waals surface area contributed by atoms with Crippen LogP contribution in [0.3, 0.4) is 0 Å². The number of rotatable bonds is 6. The van der Waals surface area contributed by atoms with E-state index in [4.69, 9.17) is 9.47 Å². The van der Waals surface area contributed by atoms with Crippen molar-refractivity contribution in [2.24, 2.45) is 0 Å². The normalized spacial score (nSPS) is 23.5. The third kappa shape index (κ3) is 4.17.